The number of nitrogens with two attached hydrogens (primary N) is 1. The summed E-state index contributed by atoms with van der Waals surface area (Å²) in [6.45, 7) is 1.91. The lowest BCUT2D eigenvalue weighted by Gasteiger charge is -2.08. The average molecular weight is 291 g/mol. The number of amides is 1. The van der Waals surface area contributed by atoms with E-state index in [1.807, 2.05) is 42.8 Å². The Bertz CT molecular complexity index is 611. The third-order valence-corrected chi connectivity index (χ3v) is 4.11. The second kappa shape index (κ2) is 6.53. The third-order valence-electron chi connectivity index (χ3n) is 3.04. The van der Waals surface area contributed by atoms with Crippen LogP contribution in [0.3, 0.4) is 0 Å². The molecule has 0 saturated carbocycles. The van der Waals surface area contributed by atoms with Crippen LogP contribution in [0.2, 0.25) is 0 Å². The maximum Gasteiger partial charge on any atom is 0.238 e. The molecule has 0 spiro atoms. The van der Waals surface area contributed by atoms with Crippen molar-refractivity contribution in [2.75, 3.05) is 0 Å². The molecule has 0 atom stereocenters. The molecule has 2 aromatic rings. The van der Waals surface area contributed by atoms with Crippen molar-refractivity contribution in [2.24, 2.45) is 12.9 Å². The van der Waals surface area contributed by atoms with Crippen molar-refractivity contribution in [2.45, 2.75) is 24.3 Å². The summed E-state index contributed by atoms with van der Waals surface area (Å²) in [5, 5.41) is 9.00. The van der Waals surface area contributed by atoms with Crippen LogP contribution in [-0.2, 0) is 24.0 Å². The Labute approximate surface area is 121 Å². The van der Waals surface area contributed by atoms with Gasteiger partial charge in [-0.15, -0.1) is 10.2 Å². The molecule has 6 nitrogen and oxygen atoms in total. The molecule has 20 heavy (non-hydrogen) atoms. The minimum absolute atomic E-state index is 0.197. The Morgan fingerprint density at radius 3 is 2.65 bits per heavy atom. The summed E-state index contributed by atoms with van der Waals surface area (Å²) in [5.41, 5.74) is 4.23. The van der Waals surface area contributed by atoms with Crippen molar-refractivity contribution in [3.05, 3.63) is 41.2 Å². The monoisotopic (exact) mass is 291 g/mol. The second-order valence-electron chi connectivity index (χ2n) is 4.39. The predicted octanol–water partition coefficient (Wildman–Crippen LogP) is 0.948. The summed E-state index contributed by atoms with van der Waals surface area (Å²) in [6.07, 6.45) is 0.283. The first-order chi connectivity index (χ1) is 9.61. The van der Waals surface area contributed by atoms with Gasteiger partial charge in [-0.1, -0.05) is 36.0 Å². The lowest BCUT2D eigenvalue weighted by Crippen LogP contribution is -2.31. The summed E-state index contributed by atoms with van der Waals surface area (Å²) in [6, 6.07) is 7.82. The quantitative estimate of drug-likeness (QED) is 0.371. The Kier molecular flexibility index (Phi) is 4.75. The Hall–Kier alpha value is -1.86. The van der Waals surface area contributed by atoms with E-state index in [1.165, 1.54) is 0 Å². The van der Waals surface area contributed by atoms with Gasteiger partial charge in [0.05, 0.1) is 6.42 Å². The molecular formula is C13H17N5OS. The normalized spacial score (nSPS) is 10.6. The van der Waals surface area contributed by atoms with E-state index in [2.05, 4.69) is 15.6 Å². The van der Waals surface area contributed by atoms with Gasteiger partial charge < -0.3 is 4.57 Å². The predicted molar refractivity (Wildman–Crippen MR) is 77.8 cm³/mol. The molecule has 1 amide bonds. The van der Waals surface area contributed by atoms with Crippen LogP contribution in [0.5, 0.6) is 0 Å². The number of benzene rings is 1. The molecule has 7 heteroatoms. The van der Waals surface area contributed by atoms with Crippen LogP contribution in [0.1, 0.15) is 17.0 Å². The van der Waals surface area contributed by atoms with E-state index in [0.29, 0.717) is 0 Å². The van der Waals surface area contributed by atoms with Gasteiger partial charge in [-0.2, -0.15) is 0 Å². The summed E-state index contributed by atoms with van der Waals surface area (Å²) < 4.78 is 1.94. The van der Waals surface area contributed by atoms with Gasteiger partial charge in [0.1, 0.15) is 5.82 Å². The number of hydrogen-bond donors (Lipinski definition) is 2. The first kappa shape index (κ1) is 14.5. The van der Waals surface area contributed by atoms with Crippen molar-refractivity contribution >= 4 is 17.7 Å². The molecule has 0 radical (unpaired) electrons. The van der Waals surface area contributed by atoms with Gasteiger partial charge in [0.2, 0.25) is 5.91 Å². The summed E-state index contributed by atoms with van der Waals surface area (Å²) >= 11 is 1.60. The van der Waals surface area contributed by atoms with E-state index in [1.54, 1.807) is 11.8 Å². The van der Waals surface area contributed by atoms with E-state index in [9.17, 15) is 4.79 Å². The highest BCUT2D eigenvalue weighted by Crippen LogP contribution is 2.23. The minimum atomic E-state index is -0.197. The van der Waals surface area contributed by atoms with Crippen LogP contribution < -0.4 is 11.3 Å². The summed E-state index contributed by atoms with van der Waals surface area (Å²) in [7, 11) is 1.94. The molecule has 0 unspecified atom stereocenters. The molecule has 1 aromatic carbocycles. The molecule has 0 saturated heterocycles. The number of carbonyl (C=O) groups is 1. The van der Waals surface area contributed by atoms with Gasteiger partial charge in [0, 0.05) is 12.8 Å². The van der Waals surface area contributed by atoms with Crippen LogP contribution in [0, 0.1) is 6.92 Å². The maximum absolute atomic E-state index is 11.4. The van der Waals surface area contributed by atoms with Crippen LogP contribution in [0.25, 0.3) is 0 Å². The minimum Gasteiger partial charge on any atom is -0.309 e. The van der Waals surface area contributed by atoms with Gasteiger partial charge in [0.15, 0.2) is 5.16 Å². The van der Waals surface area contributed by atoms with Gasteiger partial charge in [-0.3, -0.25) is 10.2 Å². The fourth-order valence-electron chi connectivity index (χ4n) is 1.75. The van der Waals surface area contributed by atoms with Crippen LogP contribution >= 0.6 is 11.8 Å². The number of rotatable bonds is 5. The van der Waals surface area contributed by atoms with Crippen molar-refractivity contribution < 1.29 is 4.79 Å². The number of hydrogen-bond acceptors (Lipinski definition) is 5. The largest absolute Gasteiger partial charge is 0.309 e. The average Bonchev–Trinajstić information content (AvgIpc) is 2.78. The van der Waals surface area contributed by atoms with Crippen molar-refractivity contribution in [3.63, 3.8) is 0 Å². The fraction of sp³-hybridized carbons (Fsp3) is 0.308. The van der Waals surface area contributed by atoms with Gasteiger partial charge in [-0.05, 0) is 18.1 Å². The highest BCUT2D eigenvalue weighted by Gasteiger charge is 2.10. The molecule has 0 aliphatic heterocycles. The molecule has 1 heterocycles. The van der Waals surface area contributed by atoms with Crippen molar-refractivity contribution in [3.8, 4) is 0 Å². The lowest BCUT2D eigenvalue weighted by atomic mass is 10.1. The van der Waals surface area contributed by atoms with E-state index >= 15 is 0 Å². The molecule has 0 bridgehead atoms. The highest BCUT2D eigenvalue weighted by molar-refractivity contribution is 7.98. The number of nitrogens with zero attached hydrogens (tertiary/aromatic N) is 3. The maximum atomic E-state index is 11.4. The van der Waals surface area contributed by atoms with Crippen LogP contribution in [0.15, 0.2) is 29.4 Å². The number of nitrogens with one attached hydrogen (secondary N) is 1. The fourth-order valence-corrected chi connectivity index (χ4v) is 2.74. The lowest BCUT2D eigenvalue weighted by molar-refractivity contribution is -0.120. The van der Waals surface area contributed by atoms with Crippen LogP contribution in [-0.4, -0.2) is 20.7 Å². The van der Waals surface area contributed by atoms with Gasteiger partial charge in [0.25, 0.3) is 0 Å². The molecule has 1 aromatic heterocycles. The van der Waals surface area contributed by atoms with Gasteiger partial charge in [-0.25, -0.2) is 5.84 Å². The zero-order valence-electron chi connectivity index (χ0n) is 11.5. The summed E-state index contributed by atoms with van der Waals surface area (Å²) in [4.78, 5) is 11.4. The number of aryl methyl sites for hydroxylation is 1. The molecule has 0 aliphatic carbocycles. The smallest absolute Gasteiger partial charge is 0.238 e. The van der Waals surface area contributed by atoms with Crippen molar-refractivity contribution in [1.29, 1.82) is 0 Å². The molecular weight excluding hydrogens is 274 g/mol. The molecule has 0 aliphatic rings. The SMILES string of the molecule is Cc1nnc(SCc2ccccc2CC(=O)NN)n1C. The zero-order chi connectivity index (χ0) is 14.5. The first-order valence-electron chi connectivity index (χ1n) is 6.17. The Morgan fingerprint density at radius 2 is 2.05 bits per heavy atom. The third kappa shape index (κ3) is 3.37. The highest BCUT2D eigenvalue weighted by atomic mass is 32.2. The zero-order valence-corrected chi connectivity index (χ0v) is 12.3. The van der Waals surface area contributed by atoms with Gasteiger partial charge >= 0.3 is 0 Å². The molecule has 0 fully saturated rings. The van der Waals surface area contributed by atoms with E-state index < -0.39 is 0 Å². The molecule has 106 valence electrons. The first-order valence-corrected chi connectivity index (χ1v) is 7.15. The van der Waals surface area contributed by atoms with Crippen molar-refractivity contribution in [1.82, 2.24) is 20.2 Å². The van der Waals surface area contributed by atoms with E-state index in [0.717, 1.165) is 27.9 Å². The van der Waals surface area contributed by atoms with E-state index in [-0.39, 0.29) is 12.3 Å². The topological polar surface area (TPSA) is 85.8 Å². The Morgan fingerprint density at radius 1 is 1.35 bits per heavy atom. The molecule has 2 rings (SSSR count). The number of carbonyl (C=O) groups excluding carboxylic acids is 1. The van der Waals surface area contributed by atoms with E-state index in [4.69, 9.17) is 5.84 Å². The molecule has 3 N–H and O–H groups in total. The number of thioether (sulfide) groups is 1. The Balaban J connectivity index is 2.09. The number of hydrazine groups is 1. The summed E-state index contributed by atoms with van der Waals surface area (Å²) in [5.74, 6) is 6.55. The van der Waals surface area contributed by atoms with Crippen LogP contribution in [0.4, 0.5) is 0 Å². The second-order valence-corrected chi connectivity index (χ2v) is 5.33. The number of aromatic nitrogens is 3. The standard InChI is InChI=1S/C13H17N5OS/c1-9-16-17-13(18(9)2)20-8-11-6-4-3-5-10(11)7-12(19)15-14/h3-6H,7-8,14H2,1-2H3,(H,15,19).